The van der Waals surface area contributed by atoms with E-state index in [0.29, 0.717) is 39.3 Å². The van der Waals surface area contributed by atoms with Crippen molar-refractivity contribution in [2.45, 2.75) is 18.2 Å². The summed E-state index contributed by atoms with van der Waals surface area (Å²) >= 11 is 5.91. The average Bonchev–Trinajstić information content (AvgIpc) is 2.62. The fourth-order valence-corrected chi connectivity index (χ4v) is 4.35. The number of carbonyl (C=O) groups excluding carboxylic acids is 2. The van der Waals surface area contributed by atoms with Gasteiger partial charge in [0.25, 0.3) is 0 Å². The predicted molar refractivity (Wildman–Crippen MR) is 103 cm³/mol. The molecule has 0 radical (unpaired) electrons. The summed E-state index contributed by atoms with van der Waals surface area (Å²) in [5.74, 6) is -0.138. The van der Waals surface area contributed by atoms with Crippen LogP contribution in [0.5, 0.6) is 0 Å². The molecule has 2 N–H and O–H groups in total. The van der Waals surface area contributed by atoms with Crippen molar-refractivity contribution in [3.8, 4) is 0 Å². The highest BCUT2D eigenvalue weighted by atomic mass is 35.5. The van der Waals surface area contributed by atoms with E-state index in [0.717, 1.165) is 0 Å². The third-order valence-electron chi connectivity index (χ3n) is 4.22. The number of piperazine rings is 1. The SMILES string of the molecule is CCNC(=O)CN1CCN(C(=O)CCNS(=O)(=O)c2ccccc2Cl)CC1. The maximum Gasteiger partial charge on any atom is 0.242 e. The molecule has 0 unspecified atom stereocenters. The molecule has 10 heteroatoms. The van der Waals surface area contributed by atoms with Crippen molar-refractivity contribution in [1.82, 2.24) is 19.8 Å². The molecule has 1 heterocycles. The zero-order valence-electron chi connectivity index (χ0n) is 15.3. The van der Waals surface area contributed by atoms with Gasteiger partial charge >= 0.3 is 0 Å². The lowest BCUT2D eigenvalue weighted by Crippen LogP contribution is -2.51. The Hall–Kier alpha value is -1.68. The van der Waals surface area contributed by atoms with E-state index in [9.17, 15) is 18.0 Å². The number of rotatable bonds is 8. The lowest BCUT2D eigenvalue weighted by molar-refractivity contribution is -0.133. The van der Waals surface area contributed by atoms with Gasteiger partial charge in [0.05, 0.1) is 11.6 Å². The van der Waals surface area contributed by atoms with Gasteiger partial charge in [0.15, 0.2) is 0 Å². The molecule has 1 fully saturated rings. The highest BCUT2D eigenvalue weighted by molar-refractivity contribution is 7.89. The molecule has 2 amide bonds. The Labute approximate surface area is 164 Å². The van der Waals surface area contributed by atoms with Crippen molar-refractivity contribution in [3.63, 3.8) is 0 Å². The van der Waals surface area contributed by atoms with E-state index in [1.165, 1.54) is 12.1 Å². The van der Waals surface area contributed by atoms with E-state index in [-0.39, 0.29) is 34.7 Å². The highest BCUT2D eigenvalue weighted by Crippen LogP contribution is 2.20. The van der Waals surface area contributed by atoms with Gasteiger partial charge in [-0.1, -0.05) is 23.7 Å². The van der Waals surface area contributed by atoms with Gasteiger partial charge in [-0.2, -0.15) is 0 Å². The van der Waals surface area contributed by atoms with Gasteiger partial charge in [0.1, 0.15) is 4.90 Å². The van der Waals surface area contributed by atoms with Gasteiger partial charge in [-0.05, 0) is 19.1 Å². The minimum Gasteiger partial charge on any atom is -0.355 e. The molecule has 2 rings (SSSR count). The molecule has 0 bridgehead atoms. The Morgan fingerprint density at radius 2 is 1.81 bits per heavy atom. The number of sulfonamides is 1. The van der Waals surface area contributed by atoms with E-state index >= 15 is 0 Å². The second-order valence-electron chi connectivity index (χ2n) is 6.19. The van der Waals surface area contributed by atoms with Crippen molar-refractivity contribution in [3.05, 3.63) is 29.3 Å². The Morgan fingerprint density at radius 1 is 1.15 bits per heavy atom. The van der Waals surface area contributed by atoms with Gasteiger partial charge in [-0.15, -0.1) is 0 Å². The number of halogens is 1. The van der Waals surface area contributed by atoms with Crippen LogP contribution in [0.1, 0.15) is 13.3 Å². The second-order valence-corrected chi connectivity index (χ2v) is 8.33. The Kier molecular flexibility index (Phi) is 8.03. The maximum atomic E-state index is 12.3. The summed E-state index contributed by atoms with van der Waals surface area (Å²) in [7, 11) is -3.75. The van der Waals surface area contributed by atoms with Crippen LogP contribution in [0, 0.1) is 0 Å². The molecular formula is C17H25ClN4O4S. The number of amides is 2. The summed E-state index contributed by atoms with van der Waals surface area (Å²) in [5.41, 5.74) is 0. The number of likely N-dealkylation sites (N-methyl/N-ethyl adjacent to an activating group) is 1. The minimum atomic E-state index is -3.75. The first kappa shape index (κ1) is 21.6. The standard InChI is InChI=1S/C17H25ClN4O4S/c1-2-19-16(23)13-21-9-11-22(12-10-21)17(24)7-8-20-27(25,26)15-6-4-3-5-14(15)18/h3-6,20H,2,7-13H2,1H3,(H,19,23). The van der Waals surface area contributed by atoms with Gasteiger partial charge < -0.3 is 10.2 Å². The van der Waals surface area contributed by atoms with E-state index in [2.05, 4.69) is 10.0 Å². The highest BCUT2D eigenvalue weighted by Gasteiger charge is 2.23. The third-order valence-corrected chi connectivity index (χ3v) is 6.18. The molecule has 0 spiro atoms. The lowest BCUT2D eigenvalue weighted by Gasteiger charge is -2.34. The number of carbonyl (C=O) groups is 2. The van der Waals surface area contributed by atoms with Gasteiger partial charge in [-0.25, -0.2) is 13.1 Å². The molecule has 0 aromatic heterocycles. The molecule has 1 aliphatic heterocycles. The largest absolute Gasteiger partial charge is 0.355 e. The summed E-state index contributed by atoms with van der Waals surface area (Å²) in [6.07, 6.45) is 0.0694. The lowest BCUT2D eigenvalue weighted by atomic mass is 10.2. The first-order chi connectivity index (χ1) is 12.8. The molecule has 0 aliphatic carbocycles. The maximum absolute atomic E-state index is 12.3. The zero-order chi connectivity index (χ0) is 19.9. The van der Waals surface area contributed by atoms with Crippen LogP contribution < -0.4 is 10.0 Å². The number of benzene rings is 1. The van der Waals surface area contributed by atoms with Crippen LogP contribution >= 0.6 is 11.6 Å². The zero-order valence-corrected chi connectivity index (χ0v) is 16.9. The number of nitrogens with one attached hydrogen (secondary N) is 2. The summed E-state index contributed by atoms with van der Waals surface area (Å²) in [6, 6.07) is 6.16. The van der Waals surface area contributed by atoms with Gasteiger partial charge in [0.2, 0.25) is 21.8 Å². The van der Waals surface area contributed by atoms with Crippen LogP contribution in [0.2, 0.25) is 5.02 Å². The normalized spacial score (nSPS) is 15.6. The molecule has 1 aromatic carbocycles. The van der Waals surface area contributed by atoms with Crippen LogP contribution in [0.25, 0.3) is 0 Å². The van der Waals surface area contributed by atoms with Crippen molar-refractivity contribution in [2.75, 3.05) is 45.8 Å². The number of hydrogen-bond donors (Lipinski definition) is 2. The van der Waals surface area contributed by atoms with Crippen molar-refractivity contribution < 1.29 is 18.0 Å². The van der Waals surface area contributed by atoms with Crippen LogP contribution in [-0.2, 0) is 19.6 Å². The third kappa shape index (κ3) is 6.46. The van der Waals surface area contributed by atoms with Crippen LogP contribution in [0.15, 0.2) is 29.2 Å². The van der Waals surface area contributed by atoms with Crippen LogP contribution in [0.4, 0.5) is 0 Å². The van der Waals surface area contributed by atoms with Crippen molar-refractivity contribution in [2.24, 2.45) is 0 Å². The molecule has 1 aromatic rings. The smallest absolute Gasteiger partial charge is 0.242 e. The molecule has 27 heavy (non-hydrogen) atoms. The average molecular weight is 417 g/mol. The first-order valence-electron chi connectivity index (χ1n) is 8.84. The predicted octanol–water partition coefficient (Wildman–Crippen LogP) is 0.289. The summed E-state index contributed by atoms with van der Waals surface area (Å²) in [5, 5.41) is 2.89. The van der Waals surface area contributed by atoms with E-state index in [1.807, 2.05) is 11.8 Å². The first-order valence-corrected chi connectivity index (χ1v) is 10.7. The Balaban J connectivity index is 1.75. The molecule has 0 saturated carbocycles. The molecule has 0 atom stereocenters. The topological polar surface area (TPSA) is 98.8 Å². The monoisotopic (exact) mass is 416 g/mol. The quantitative estimate of drug-likeness (QED) is 0.634. The second kappa shape index (κ2) is 10.0. The van der Waals surface area contributed by atoms with E-state index in [4.69, 9.17) is 11.6 Å². The number of nitrogens with zero attached hydrogens (tertiary/aromatic N) is 2. The summed E-state index contributed by atoms with van der Waals surface area (Å²) in [6.45, 7) is 5.09. The minimum absolute atomic E-state index is 0.00177. The van der Waals surface area contributed by atoms with Crippen molar-refractivity contribution in [1.29, 1.82) is 0 Å². The van der Waals surface area contributed by atoms with E-state index < -0.39 is 10.0 Å². The Bertz CT molecular complexity index is 764. The fourth-order valence-electron chi connectivity index (χ4n) is 2.80. The Morgan fingerprint density at radius 3 is 2.44 bits per heavy atom. The molecule has 150 valence electrons. The molecule has 1 saturated heterocycles. The van der Waals surface area contributed by atoms with Gasteiger partial charge in [-0.3, -0.25) is 14.5 Å². The molecule has 1 aliphatic rings. The number of hydrogen-bond acceptors (Lipinski definition) is 5. The van der Waals surface area contributed by atoms with Crippen LogP contribution in [0.3, 0.4) is 0 Å². The van der Waals surface area contributed by atoms with Gasteiger partial charge in [0, 0.05) is 45.7 Å². The van der Waals surface area contributed by atoms with Crippen LogP contribution in [-0.4, -0.2) is 75.8 Å². The summed E-state index contributed by atoms with van der Waals surface area (Å²) < 4.78 is 26.9. The van der Waals surface area contributed by atoms with Crippen molar-refractivity contribution >= 4 is 33.4 Å². The molecular weight excluding hydrogens is 392 g/mol. The summed E-state index contributed by atoms with van der Waals surface area (Å²) in [4.78, 5) is 27.6. The molecule has 8 nitrogen and oxygen atoms in total. The fraction of sp³-hybridized carbons (Fsp3) is 0.529. The van der Waals surface area contributed by atoms with E-state index in [1.54, 1.807) is 17.0 Å².